The summed E-state index contributed by atoms with van der Waals surface area (Å²) in [7, 11) is 2.25. The van der Waals surface area contributed by atoms with Crippen LogP contribution in [-0.4, -0.2) is 37.6 Å². The Morgan fingerprint density at radius 3 is 2.50 bits per heavy atom. The molecule has 0 aromatic heterocycles. The molecule has 1 saturated carbocycles. The Balaban J connectivity index is 1.62. The fourth-order valence-electron chi connectivity index (χ4n) is 3.64. The highest BCUT2D eigenvalue weighted by Crippen LogP contribution is 2.28. The summed E-state index contributed by atoms with van der Waals surface area (Å²) >= 11 is 0. The van der Waals surface area contributed by atoms with E-state index in [0.717, 1.165) is 23.8 Å². The minimum atomic E-state index is 0.792. The van der Waals surface area contributed by atoms with Gasteiger partial charge in [0.15, 0.2) is 0 Å². The average molecular weight is 252 g/mol. The molecule has 2 nitrogen and oxygen atoms in total. The highest BCUT2D eigenvalue weighted by molar-refractivity contribution is 4.81. The number of hydrogen-bond acceptors (Lipinski definition) is 2. The molecule has 2 heteroatoms. The molecule has 0 amide bonds. The number of hydrogen-bond donors (Lipinski definition) is 1. The number of likely N-dealkylation sites (tertiary alicyclic amines) is 1. The van der Waals surface area contributed by atoms with Gasteiger partial charge in [-0.1, -0.05) is 20.3 Å². The van der Waals surface area contributed by atoms with Gasteiger partial charge in [0.1, 0.15) is 0 Å². The van der Waals surface area contributed by atoms with Crippen molar-refractivity contribution < 1.29 is 0 Å². The highest BCUT2D eigenvalue weighted by atomic mass is 15.1. The second-order valence-corrected chi connectivity index (χ2v) is 6.99. The van der Waals surface area contributed by atoms with E-state index >= 15 is 0 Å². The largest absolute Gasteiger partial charge is 0.314 e. The summed E-state index contributed by atoms with van der Waals surface area (Å²) < 4.78 is 0. The van der Waals surface area contributed by atoms with E-state index in [4.69, 9.17) is 0 Å². The Morgan fingerprint density at radius 1 is 1.06 bits per heavy atom. The van der Waals surface area contributed by atoms with Gasteiger partial charge >= 0.3 is 0 Å². The number of nitrogens with one attached hydrogen (secondary N) is 1. The number of nitrogens with zero attached hydrogens (tertiary/aromatic N) is 1. The lowest BCUT2D eigenvalue weighted by Gasteiger charge is -2.34. The predicted octanol–water partition coefficient (Wildman–Crippen LogP) is 3.13. The molecule has 2 rings (SSSR count). The molecule has 2 fully saturated rings. The smallest absolute Gasteiger partial charge is 0.00952 e. The van der Waals surface area contributed by atoms with Gasteiger partial charge in [-0.2, -0.15) is 0 Å². The van der Waals surface area contributed by atoms with Gasteiger partial charge in [0.25, 0.3) is 0 Å². The summed E-state index contributed by atoms with van der Waals surface area (Å²) in [6, 6.07) is 0.792. The number of rotatable bonds is 4. The second-order valence-electron chi connectivity index (χ2n) is 6.99. The van der Waals surface area contributed by atoms with Crippen molar-refractivity contribution in [3.63, 3.8) is 0 Å². The van der Waals surface area contributed by atoms with E-state index in [0.29, 0.717) is 0 Å². The zero-order valence-electron chi connectivity index (χ0n) is 12.6. The van der Waals surface area contributed by atoms with E-state index in [-0.39, 0.29) is 0 Å². The van der Waals surface area contributed by atoms with Crippen LogP contribution in [0.1, 0.15) is 52.4 Å². The molecule has 1 aliphatic heterocycles. The Labute approximate surface area is 114 Å². The van der Waals surface area contributed by atoms with E-state index in [1.807, 2.05) is 0 Å². The first-order valence-electron chi connectivity index (χ1n) is 8.07. The minimum absolute atomic E-state index is 0.792. The molecular weight excluding hydrogens is 220 g/mol. The third kappa shape index (κ3) is 4.24. The third-order valence-electron chi connectivity index (χ3n) is 5.26. The maximum absolute atomic E-state index is 3.85. The zero-order valence-corrected chi connectivity index (χ0v) is 12.6. The van der Waals surface area contributed by atoms with Crippen molar-refractivity contribution in [1.29, 1.82) is 0 Å². The van der Waals surface area contributed by atoms with Gasteiger partial charge in [-0.15, -0.1) is 0 Å². The fraction of sp³-hybridized carbons (Fsp3) is 1.00. The van der Waals surface area contributed by atoms with Gasteiger partial charge in [-0.05, 0) is 76.5 Å². The molecule has 3 unspecified atom stereocenters. The molecule has 1 aliphatic carbocycles. The Morgan fingerprint density at radius 2 is 1.78 bits per heavy atom. The molecule has 0 aromatic carbocycles. The van der Waals surface area contributed by atoms with E-state index in [1.54, 1.807) is 0 Å². The van der Waals surface area contributed by atoms with Gasteiger partial charge in [-0.25, -0.2) is 0 Å². The summed E-state index contributed by atoms with van der Waals surface area (Å²) in [5, 5.41) is 3.85. The summed E-state index contributed by atoms with van der Waals surface area (Å²) in [5.74, 6) is 2.80. The molecule has 0 radical (unpaired) electrons. The van der Waals surface area contributed by atoms with Gasteiger partial charge in [0, 0.05) is 6.04 Å². The van der Waals surface area contributed by atoms with Crippen LogP contribution in [0.25, 0.3) is 0 Å². The predicted molar refractivity (Wildman–Crippen MR) is 78.8 cm³/mol. The monoisotopic (exact) mass is 252 g/mol. The maximum Gasteiger partial charge on any atom is 0.00952 e. The van der Waals surface area contributed by atoms with Crippen molar-refractivity contribution in [3.05, 3.63) is 0 Å². The first kappa shape index (κ1) is 14.3. The first-order chi connectivity index (χ1) is 8.65. The molecule has 1 N–H and O–H groups in total. The second kappa shape index (κ2) is 6.91. The molecule has 1 heterocycles. The van der Waals surface area contributed by atoms with Crippen molar-refractivity contribution in [2.45, 2.75) is 58.4 Å². The Bertz CT molecular complexity index is 233. The average Bonchev–Trinajstić information content (AvgIpc) is 2.36. The zero-order chi connectivity index (χ0) is 13.0. The van der Waals surface area contributed by atoms with Gasteiger partial charge < -0.3 is 10.2 Å². The first-order valence-corrected chi connectivity index (χ1v) is 8.07. The standard InChI is InChI=1S/C16H32N2/c1-13-4-5-14(2)16(12-13)17-9-6-15-7-10-18(3)11-8-15/h13-17H,4-12H2,1-3H3. The highest BCUT2D eigenvalue weighted by Gasteiger charge is 2.25. The lowest BCUT2D eigenvalue weighted by Crippen LogP contribution is -2.40. The Kier molecular flexibility index (Phi) is 5.50. The van der Waals surface area contributed by atoms with Crippen LogP contribution in [0, 0.1) is 17.8 Å². The molecule has 0 spiro atoms. The molecule has 0 bridgehead atoms. The molecule has 2 aliphatic rings. The summed E-state index contributed by atoms with van der Waals surface area (Å²) in [4.78, 5) is 2.47. The van der Waals surface area contributed by atoms with Crippen LogP contribution in [0.3, 0.4) is 0 Å². The van der Waals surface area contributed by atoms with E-state index in [1.165, 1.54) is 58.2 Å². The van der Waals surface area contributed by atoms with Crippen LogP contribution in [-0.2, 0) is 0 Å². The van der Waals surface area contributed by atoms with E-state index in [2.05, 4.69) is 31.1 Å². The maximum atomic E-state index is 3.85. The van der Waals surface area contributed by atoms with Crippen molar-refractivity contribution in [1.82, 2.24) is 10.2 Å². The molecule has 1 saturated heterocycles. The molecular formula is C16H32N2. The molecule has 3 atom stereocenters. The van der Waals surface area contributed by atoms with Crippen molar-refractivity contribution in [2.75, 3.05) is 26.7 Å². The van der Waals surface area contributed by atoms with Crippen LogP contribution in [0.4, 0.5) is 0 Å². The van der Waals surface area contributed by atoms with Crippen LogP contribution in [0.5, 0.6) is 0 Å². The SMILES string of the molecule is CC1CCC(C)C(NCCC2CCN(C)CC2)C1. The van der Waals surface area contributed by atoms with Gasteiger partial charge in [-0.3, -0.25) is 0 Å². The van der Waals surface area contributed by atoms with Crippen molar-refractivity contribution in [2.24, 2.45) is 17.8 Å². The van der Waals surface area contributed by atoms with Crippen molar-refractivity contribution in [3.8, 4) is 0 Å². The molecule has 106 valence electrons. The van der Waals surface area contributed by atoms with Gasteiger partial charge in [0.2, 0.25) is 0 Å². The quantitative estimate of drug-likeness (QED) is 0.827. The number of piperidine rings is 1. The third-order valence-corrected chi connectivity index (χ3v) is 5.26. The van der Waals surface area contributed by atoms with E-state index in [9.17, 15) is 0 Å². The van der Waals surface area contributed by atoms with Crippen LogP contribution in [0.15, 0.2) is 0 Å². The van der Waals surface area contributed by atoms with Crippen LogP contribution < -0.4 is 5.32 Å². The lowest BCUT2D eigenvalue weighted by molar-refractivity contribution is 0.197. The Hall–Kier alpha value is -0.0800. The minimum Gasteiger partial charge on any atom is -0.314 e. The van der Waals surface area contributed by atoms with Gasteiger partial charge in [0.05, 0.1) is 0 Å². The fourth-order valence-corrected chi connectivity index (χ4v) is 3.64. The topological polar surface area (TPSA) is 15.3 Å². The van der Waals surface area contributed by atoms with Crippen LogP contribution >= 0.6 is 0 Å². The van der Waals surface area contributed by atoms with Crippen LogP contribution in [0.2, 0.25) is 0 Å². The summed E-state index contributed by atoms with van der Waals surface area (Å²) in [5.41, 5.74) is 0. The summed E-state index contributed by atoms with van der Waals surface area (Å²) in [6.45, 7) is 8.70. The lowest BCUT2D eigenvalue weighted by atomic mass is 9.80. The summed E-state index contributed by atoms with van der Waals surface area (Å²) in [6.07, 6.45) is 8.48. The normalized spacial score (nSPS) is 35.8. The van der Waals surface area contributed by atoms with Crippen molar-refractivity contribution >= 4 is 0 Å². The molecule has 18 heavy (non-hydrogen) atoms. The molecule has 0 aromatic rings. The van der Waals surface area contributed by atoms with E-state index < -0.39 is 0 Å².